The number of hydrogen-bond donors (Lipinski definition) is 2. The number of piperidine rings is 1. The first-order valence-electron chi connectivity index (χ1n) is 12.2. The Kier molecular flexibility index (Phi) is 7.15. The number of nitrogens with two attached hydrogens (primary N) is 1. The predicted molar refractivity (Wildman–Crippen MR) is 140 cm³/mol. The molecule has 1 amide bonds. The number of thiazole rings is 1. The van der Waals surface area contributed by atoms with Gasteiger partial charge in [-0.15, -0.1) is 11.3 Å². The summed E-state index contributed by atoms with van der Waals surface area (Å²) in [5, 5.41) is 10.9. The molecule has 0 spiro atoms. The molecule has 0 aliphatic carbocycles. The highest BCUT2D eigenvalue weighted by Crippen LogP contribution is 2.31. The molecule has 1 aliphatic heterocycles. The number of aromatic nitrogens is 3. The number of hydrogen-bond acceptors (Lipinski definition) is 7. The lowest BCUT2D eigenvalue weighted by atomic mass is 9.86. The Morgan fingerprint density at radius 1 is 1.31 bits per heavy atom. The van der Waals surface area contributed by atoms with E-state index in [-0.39, 0.29) is 24.5 Å². The number of aliphatic hydroxyl groups excluding tert-OH is 1. The van der Waals surface area contributed by atoms with Crippen molar-refractivity contribution in [2.75, 3.05) is 20.2 Å². The fourth-order valence-corrected chi connectivity index (χ4v) is 5.55. The number of pyridine rings is 1. The Morgan fingerprint density at radius 3 is 2.81 bits per heavy atom. The van der Waals surface area contributed by atoms with E-state index in [1.165, 1.54) is 5.56 Å². The summed E-state index contributed by atoms with van der Waals surface area (Å²) < 4.78 is 7.48. The molecule has 1 fully saturated rings. The normalized spacial score (nSPS) is 19.1. The molecule has 3 N–H and O–H groups in total. The number of methoxy groups -OCH3 is 1. The van der Waals surface area contributed by atoms with E-state index in [0.717, 1.165) is 34.4 Å². The summed E-state index contributed by atoms with van der Waals surface area (Å²) in [7, 11) is 1.66. The van der Waals surface area contributed by atoms with Crippen LogP contribution in [-0.4, -0.2) is 56.6 Å². The van der Waals surface area contributed by atoms with Gasteiger partial charge in [-0.2, -0.15) is 0 Å². The summed E-state index contributed by atoms with van der Waals surface area (Å²) in [5.41, 5.74) is 12.9. The quantitative estimate of drug-likeness (QED) is 0.397. The number of benzene rings is 1. The van der Waals surface area contributed by atoms with E-state index in [1.54, 1.807) is 35.1 Å². The molecule has 1 aliphatic rings. The molecule has 0 saturated carbocycles. The minimum Gasteiger partial charge on any atom is -0.391 e. The zero-order valence-electron chi connectivity index (χ0n) is 20.5. The van der Waals surface area contributed by atoms with Crippen LogP contribution in [-0.2, 0) is 17.7 Å². The van der Waals surface area contributed by atoms with Crippen LogP contribution in [0.4, 0.5) is 0 Å². The molecular weight excluding hydrogens is 474 g/mol. The van der Waals surface area contributed by atoms with Gasteiger partial charge < -0.3 is 24.9 Å². The summed E-state index contributed by atoms with van der Waals surface area (Å²) in [6, 6.07) is 10.1. The van der Waals surface area contributed by atoms with Crippen molar-refractivity contribution in [3.05, 3.63) is 76.8 Å². The highest BCUT2D eigenvalue weighted by atomic mass is 32.1. The van der Waals surface area contributed by atoms with E-state index in [9.17, 15) is 9.90 Å². The Hall–Kier alpha value is -3.11. The molecule has 3 aromatic heterocycles. The molecular formula is C27H31N5O3S. The minimum absolute atomic E-state index is 0.0823. The fourth-order valence-electron chi connectivity index (χ4n) is 4.95. The highest BCUT2D eigenvalue weighted by Gasteiger charge is 2.32. The van der Waals surface area contributed by atoms with Gasteiger partial charge in [-0.05, 0) is 42.9 Å². The van der Waals surface area contributed by atoms with E-state index < -0.39 is 6.10 Å². The van der Waals surface area contributed by atoms with Crippen LogP contribution in [0.3, 0.4) is 0 Å². The van der Waals surface area contributed by atoms with E-state index in [2.05, 4.69) is 11.1 Å². The number of likely N-dealkylation sites (tertiary alicyclic amines) is 1. The smallest absolute Gasteiger partial charge is 0.274 e. The van der Waals surface area contributed by atoms with Gasteiger partial charge in [-0.25, -0.2) is 4.98 Å². The second kappa shape index (κ2) is 10.5. The van der Waals surface area contributed by atoms with Gasteiger partial charge in [0.2, 0.25) is 0 Å². The van der Waals surface area contributed by atoms with Crippen molar-refractivity contribution in [2.45, 2.75) is 38.5 Å². The monoisotopic (exact) mass is 505 g/mol. The Morgan fingerprint density at radius 2 is 2.11 bits per heavy atom. The second-order valence-electron chi connectivity index (χ2n) is 9.33. The van der Waals surface area contributed by atoms with E-state index >= 15 is 0 Å². The van der Waals surface area contributed by atoms with Gasteiger partial charge in [0.25, 0.3) is 5.91 Å². The van der Waals surface area contributed by atoms with Crippen molar-refractivity contribution >= 4 is 22.9 Å². The number of carbonyl (C=O) groups excluding carboxylic acids is 1. The van der Waals surface area contributed by atoms with Crippen LogP contribution in [0.1, 0.15) is 46.6 Å². The second-order valence-corrected chi connectivity index (χ2v) is 10.2. The molecule has 4 aromatic rings. The maximum absolute atomic E-state index is 13.4. The van der Waals surface area contributed by atoms with E-state index in [4.69, 9.17) is 15.5 Å². The van der Waals surface area contributed by atoms with Gasteiger partial charge in [-0.1, -0.05) is 24.3 Å². The third kappa shape index (κ3) is 4.79. The van der Waals surface area contributed by atoms with E-state index in [1.807, 2.05) is 48.0 Å². The first-order valence-corrected chi connectivity index (χ1v) is 13.0. The molecule has 1 aromatic carbocycles. The minimum atomic E-state index is -0.604. The average Bonchev–Trinajstić information content (AvgIpc) is 3.59. The van der Waals surface area contributed by atoms with Crippen molar-refractivity contribution < 1.29 is 14.6 Å². The highest BCUT2D eigenvalue weighted by molar-refractivity contribution is 7.13. The molecule has 0 radical (unpaired) electrons. The summed E-state index contributed by atoms with van der Waals surface area (Å²) in [6.45, 7) is 3.31. The summed E-state index contributed by atoms with van der Waals surface area (Å²) in [4.78, 5) is 25.1. The first kappa shape index (κ1) is 24.6. The van der Waals surface area contributed by atoms with Crippen LogP contribution in [0, 0.1) is 5.92 Å². The zero-order chi connectivity index (χ0) is 25.2. The Labute approximate surface area is 214 Å². The third-order valence-electron chi connectivity index (χ3n) is 7.14. The van der Waals surface area contributed by atoms with Crippen molar-refractivity contribution in [3.8, 4) is 10.4 Å². The van der Waals surface area contributed by atoms with Crippen molar-refractivity contribution in [1.29, 1.82) is 0 Å². The van der Waals surface area contributed by atoms with Gasteiger partial charge in [0.15, 0.2) is 0 Å². The lowest BCUT2D eigenvalue weighted by Gasteiger charge is -2.36. The van der Waals surface area contributed by atoms with Crippen molar-refractivity contribution in [1.82, 2.24) is 19.3 Å². The number of amides is 1. The summed E-state index contributed by atoms with van der Waals surface area (Å²) in [5.74, 6) is -0.0899. The number of ether oxygens (including phenoxy) is 1. The third-order valence-corrected chi connectivity index (χ3v) is 7.96. The number of rotatable bonds is 7. The maximum atomic E-state index is 13.4. The van der Waals surface area contributed by atoms with Crippen LogP contribution in [0.15, 0.2) is 54.4 Å². The fraction of sp³-hybridized carbons (Fsp3) is 0.370. The van der Waals surface area contributed by atoms with Gasteiger partial charge in [0, 0.05) is 56.5 Å². The van der Waals surface area contributed by atoms with Gasteiger partial charge in [0.05, 0.1) is 22.6 Å². The zero-order valence-corrected chi connectivity index (χ0v) is 21.3. The van der Waals surface area contributed by atoms with Crippen molar-refractivity contribution in [2.24, 2.45) is 11.7 Å². The lowest BCUT2D eigenvalue weighted by Crippen LogP contribution is -2.47. The van der Waals surface area contributed by atoms with E-state index in [0.29, 0.717) is 24.4 Å². The molecule has 1 unspecified atom stereocenters. The number of nitrogens with zero attached hydrogens (tertiary/aromatic N) is 4. The Bertz CT molecular complexity index is 1350. The number of imidazole rings is 1. The molecule has 0 bridgehead atoms. The SMILES string of the molecule is CO[C@H](C)c1cc(-c2cncs2)cn2cc(C(=O)N3CCC(Cc4ccccc4CN)[C@H](O)C3)nc12. The lowest BCUT2D eigenvalue weighted by molar-refractivity contribution is 0.0194. The van der Waals surface area contributed by atoms with Crippen LogP contribution < -0.4 is 5.73 Å². The van der Waals surface area contributed by atoms with Crippen LogP contribution in [0.25, 0.3) is 16.1 Å². The Balaban J connectivity index is 1.36. The maximum Gasteiger partial charge on any atom is 0.274 e. The molecule has 5 rings (SSSR count). The molecule has 36 heavy (non-hydrogen) atoms. The number of carbonyl (C=O) groups is 1. The van der Waals surface area contributed by atoms with Crippen molar-refractivity contribution in [3.63, 3.8) is 0 Å². The molecule has 4 heterocycles. The van der Waals surface area contributed by atoms with Gasteiger partial charge in [-0.3, -0.25) is 9.78 Å². The first-order chi connectivity index (χ1) is 17.5. The molecule has 188 valence electrons. The number of β-amino-alcohol motifs (C(OH)–C–C–N with tert-alkyl or cyclic N) is 1. The van der Waals surface area contributed by atoms with Crippen LogP contribution in [0.2, 0.25) is 0 Å². The molecule has 8 nitrogen and oxygen atoms in total. The molecule has 3 atom stereocenters. The van der Waals surface area contributed by atoms with Crippen LogP contribution in [0.5, 0.6) is 0 Å². The largest absolute Gasteiger partial charge is 0.391 e. The molecule has 9 heteroatoms. The molecule has 1 saturated heterocycles. The standard InChI is InChI=1S/C27H31N5O3S/c1-17(35-2)22-10-21(25-12-29-16-36-25)13-32-14-23(30-26(22)32)27(34)31-8-7-19(24(33)15-31)9-18-5-3-4-6-20(18)11-28/h3-6,10,12-14,16-17,19,24,33H,7-9,11,15,28H2,1-2H3/t17-,19?,24-/m1/s1. The van der Waals surface area contributed by atoms with Crippen LogP contribution >= 0.6 is 11.3 Å². The predicted octanol–water partition coefficient (Wildman–Crippen LogP) is 3.69. The van der Waals surface area contributed by atoms with Gasteiger partial charge >= 0.3 is 0 Å². The summed E-state index contributed by atoms with van der Waals surface area (Å²) in [6.07, 6.45) is 6.24. The topological polar surface area (TPSA) is 106 Å². The number of fused-ring (bicyclic) bond motifs is 1. The van der Waals surface area contributed by atoms with Gasteiger partial charge in [0.1, 0.15) is 11.3 Å². The summed E-state index contributed by atoms with van der Waals surface area (Å²) >= 11 is 1.56. The number of aliphatic hydroxyl groups is 1. The average molecular weight is 506 g/mol.